The molecule has 4 nitrogen and oxygen atoms in total. The summed E-state index contributed by atoms with van der Waals surface area (Å²) < 4.78 is 5.50. The minimum absolute atomic E-state index is 0.0201. The molecule has 0 spiro atoms. The smallest absolute Gasteiger partial charge is 0.266 e. The number of amides is 1. The van der Waals surface area contributed by atoms with E-state index in [1.165, 1.54) is 12.1 Å². The molecule has 2 aromatic carbocycles. The maximum absolute atomic E-state index is 12.2. The first-order valence-electron chi connectivity index (χ1n) is 7.64. The number of anilines is 1. The zero-order valence-electron chi connectivity index (χ0n) is 13.6. The van der Waals surface area contributed by atoms with Gasteiger partial charge in [0.15, 0.2) is 0 Å². The SMILES string of the molecule is CCCOc1ccc(/C=C(/C#N)C(=O)Nc2ccc(Cl)c(Cl)c2)cc1. The third-order valence-corrected chi connectivity index (χ3v) is 3.95. The Morgan fingerprint density at radius 1 is 1.20 bits per heavy atom. The minimum Gasteiger partial charge on any atom is -0.494 e. The van der Waals surface area contributed by atoms with Gasteiger partial charge in [-0.1, -0.05) is 42.3 Å². The summed E-state index contributed by atoms with van der Waals surface area (Å²) in [5.74, 6) is 0.227. The number of ether oxygens (including phenoxy) is 1. The maximum Gasteiger partial charge on any atom is 0.266 e. The molecular formula is C19H16Cl2N2O2. The lowest BCUT2D eigenvalue weighted by Crippen LogP contribution is -2.13. The Morgan fingerprint density at radius 2 is 1.92 bits per heavy atom. The normalized spacial score (nSPS) is 10.9. The summed E-state index contributed by atoms with van der Waals surface area (Å²) in [5.41, 5.74) is 1.17. The van der Waals surface area contributed by atoms with E-state index in [-0.39, 0.29) is 5.57 Å². The fourth-order valence-electron chi connectivity index (χ4n) is 1.97. The second-order valence-electron chi connectivity index (χ2n) is 5.17. The molecule has 1 amide bonds. The van der Waals surface area contributed by atoms with Crippen molar-refractivity contribution in [2.75, 3.05) is 11.9 Å². The summed E-state index contributed by atoms with van der Waals surface area (Å²) in [6.45, 7) is 2.67. The van der Waals surface area contributed by atoms with E-state index in [1.807, 2.05) is 13.0 Å². The first-order valence-corrected chi connectivity index (χ1v) is 8.40. The monoisotopic (exact) mass is 374 g/mol. The van der Waals surface area contributed by atoms with Crippen LogP contribution in [0.4, 0.5) is 5.69 Å². The number of benzene rings is 2. The first kappa shape index (κ1) is 18.9. The molecule has 6 heteroatoms. The number of nitriles is 1. The van der Waals surface area contributed by atoms with Gasteiger partial charge >= 0.3 is 0 Å². The molecule has 0 atom stereocenters. The average Bonchev–Trinajstić information content (AvgIpc) is 2.62. The van der Waals surface area contributed by atoms with Gasteiger partial charge in [0.2, 0.25) is 0 Å². The summed E-state index contributed by atoms with van der Waals surface area (Å²) in [5, 5.41) is 12.6. The largest absolute Gasteiger partial charge is 0.494 e. The van der Waals surface area contributed by atoms with Crippen LogP contribution in [0.15, 0.2) is 48.0 Å². The van der Waals surface area contributed by atoms with Gasteiger partial charge in [-0.2, -0.15) is 5.26 Å². The molecule has 0 aliphatic carbocycles. The molecule has 0 bridgehead atoms. The summed E-state index contributed by atoms with van der Waals surface area (Å²) >= 11 is 11.8. The minimum atomic E-state index is -0.521. The van der Waals surface area contributed by atoms with Gasteiger partial charge in [0.25, 0.3) is 5.91 Å². The Morgan fingerprint density at radius 3 is 2.52 bits per heavy atom. The van der Waals surface area contributed by atoms with Gasteiger partial charge < -0.3 is 10.1 Å². The van der Waals surface area contributed by atoms with Gasteiger partial charge in [-0.05, 0) is 48.4 Å². The van der Waals surface area contributed by atoms with Gasteiger partial charge in [-0.15, -0.1) is 0 Å². The van der Waals surface area contributed by atoms with Crippen LogP contribution >= 0.6 is 23.2 Å². The lowest BCUT2D eigenvalue weighted by atomic mass is 10.1. The molecule has 0 aromatic heterocycles. The van der Waals surface area contributed by atoms with Crippen LogP contribution in [-0.2, 0) is 4.79 Å². The molecule has 0 aliphatic heterocycles. The van der Waals surface area contributed by atoms with E-state index < -0.39 is 5.91 Å². The molecule has 0 fully saturated rings. The van der Waals surface area contributed by atoms with Crippen molar-refractivity contribution in [3.63, 3.8) is 0 Å². The maximum atomic E-state index is 12.2. The molecule has 0 unspecified atom stereocenters. The summed E-state index contributed by atoms with van der Waals surface area (Å²) in [4.78, 5) is 12.2. The highest BCUT2D eigenvalue weighted by molar-refractivity contribution is 6.42. The van der Waals surface area contributed by atoms with Gasteiger partial charge in [-0.25, -0.2) is 0 Å². The van der Waals surface area contributed by atoms with Crippen LogP contribution in [0.25, 0.3) is 6.08 Å². The van der Waals surface area contributed by atoms with Crippen LogP contribution in [0, 0.1) is 11.3 Å². The second kappa shape index (κ2) is 9.12. The van der Waals surface area contributed by atoms with Crippen molar-refractivity contribution in [1.82, 2.24) is 0 Å². The van der Waals surface area contributed by atoms with Crippen LogP contribution < -0.4 is 10.1 Å². The number of hydrogen-bond donors (Lipinski definition) is 1. The van der Waals surface area contributed by atoms with Crippen molar-refractivity contribution < 1.29 is 9.53 Å². The van der Waals surface area contributed by atoms with E-state index in [2.05, 4.69) is 5.32 Å². The van der Waals surface area contributed by atoms with E-state index in [0.29, 0.717) is 22.3 Å². The van der Waals surface area contributed by atoms with Crippen molar-refractivity contribution in [2.45, 2.75) is 13.3 Å². The molecule has 2 rings (SSSR count). The van der Waals surface area contributed by atoms with Crippen molar-refractivity contribution in [1.29, 1.82) is 5.26 Å². The Labute approximate surface area is 156 Å². The third kappa shape index (κ3) is 5.53. The molecular weight excluding hydrogens is 359 g/mol. The van der Waals surface area contributed by atoms with E-state index in [9.17, 15) is 10.1 Å². The number of nitrogens with one attached hydrogen (secondary N) is 1. The van der Waals surface area contributed by atoms with Crippen LogP contribution in [0.2, 0.25) is 10.0 Å². The predicted octanol–water partition coefficient (Wildman–Crippen LogP) is 5.33. The number of carbonyl (C=O) groups is 1. The zero-order chi connectivity index (χ0) is 18.2. The molecule has 25 heavy (non-hydrogen) atoms. The Hall–Kier alpha value is -2.48. The summed E-state index contributed by atoms with van der Waals surface area (Å²) in [6.07, 6.45) is 2.44. The van der Waals surface area contributed by atoms with Gasteiger partial charge in [0.05, 0.1) is 16.7 Å². The first-order chi connectivity index (χ1) is 12.0. The van der Waals surface area contributed by atoms with Crippen LogP contribution in [0.5, 0.6) is 5.75 Å². The average molecular weight is 375 g/mol. The molecule has 0 radical (unpaired) electrons. The number of halogens is 2. The van der Waals surface area contributed by atoms with Crippen molar-refractivity contribution in [3.05, 3.63) is 63.6 Å². The number of nitrogens with zero attached hydrogens (tertiary/aromatic N) is 1. The fraction of sp³-hybridized carbons (Fsp3) is 0.158. The quantitative estimate of drug-likeness (QED) is 0.549. The Kier molecular flexibility index (Phi) is 6.88. The standard InChI is InChI=1S/C19H16Cl2N2O2/c1-2-9-25-16-6-3-13(4-7-16)10-14(12-22)19(24)23-15-5-8-17(20)18(21)11-15/h3-8,10-11H,2,9H2,1H3,(H,23,24)/b14-10-. The van der Waals surface area contributed by atoms with Gasteiger partial charge in [0.1, 0.15) is 17.4 Å². The number of hydrogen-bond acceptors (Lipinski definition) is 3. The van der Waals surface area contributed by atoms with E-state index in [0.717, 1.165) is 17.7 Å². The number of carbonyl (C=O) groups excluding carboxylic acids is 1. The highest BCUT2D eigenvalue weighted by Crippen LogP contribution is 2.25. The van der Waals surface area contributed by atoms with Crippen molar-refractivity contribution >= 4 is 40.9 Å². The molecule has 0 aliphatic rings. The van der Waals surface area contributed by atoms with Crippen LogP contribution in [0.3, 0.4) is 0 Å². The Balaban J connectivity index is 2.12. The Bertz CT molecular complexity index is 824. The molecule has 1 N–H and O–H groups in total. The third-order valence-electron chi connectivity index (χ3n) is 3.21. The van der Waals surface area contributed by atoms with Crippen molar-refractivity contribution in [3.8, 4) is 11.8 Å². The van der Waals surface area contributed by atoms with E-state index >= 15 is 0 Å². The van der Waals surface area contributed by atoms with Crippen LogP contribution in [-0.4, -0.2) is 12.5 Å². The van der Waals surface area contributed by atoms with Gasteiger partial charge in [-0.3, -0.25) is 4.79 Å². The van der Waals surface area contributed by atoms with E-state index in [1.54, 1.807) is 36.4 Å². The fourth-order valence-corrected chi connectivity index (χ4v) is 2.27. The molecule has 0 heterocycles. The molecule has 0 saturated heterocycles. The summed E-state index contributed by atoms with van der Waals surface area (Å²) in [6, 6.07) is 13.8. The lowest BCUT2D eigenvalue weighted by Gasteiger charge is -2.06. The summed E-state index contributed by atoms with van der Waals surface area (Å²) in [7, 11) is 0. The zero-order valence-corrected chi connectivity index (χ0v) is 15.1. The van der Waals surface area contributed by atoms with Crippen molar-refractivity contribution in [2.24, 2.45) is 0 Å². The highest BCUT2D eigenvalue weighted by Gasteiger charge is 2.10. The molecule has 0 saturated carbocycles. The molecule has 128 valence electrons. The van der Waals surface area contributed by atoms with Crippen LogP contribution in [0.1, 0.15) is 18.9 Å². The lowest BCUT2D eigenvalue weighted by molar-refractivity contribution is -0.112. The topological polar surface area (TPSA) is 62.1 Å². The second-order valence-corrected chi connectivity index (χ2v) is 5.98. The highest BCUT2D eigenvalue weighted by atomic mass is 35.5. The molecule has 2 aromatic rings. The van der Waals surface area contributed by atoms with Gasteiger partial charge in [0, 0.05) is 5.69 Å². The van der Waals surface area contributed by atoms with E-state index in [4.69, 9.17) is 27.9 Å². The number of rotatable bonds is 6. The predicted molar refractivity (Wildman–Crippen MR) is 101 cm³/mol.